The molecule has 2 aromatic carbocycles. The summed E-state index contributed by atoms with van der Waals surface area (Å²) >= 11 is 0.162. The molecule has 3 aromatic rings. The van der Waals surface area contributed by atoms with Crippen molar-refractivity contribution < 1.29 is 9.53 Å². The fourth-order valence-corrected chi connectivity index (χ4v) is 5.54. The van der Waals surface area contributed by atoms with Gasteiger partial charge in [0.2, 0.25) is 0 Å². The number of hydrogen-bond acceptors (Lipinski definition) is 4. The van der Waals surface area contributed by atoms with E-state index in [2.05, 4.69) is 33.5 Å². The van der Waals surface area contributed by atoms with E-state index in [1.807, 2.05) is 30.3 Å². The van der Waals surface area contributed by atoms with Crippen molar-refractivity contribution in [3.05, 3.63) is 75.9 Å². The van der Waals surface area contributed by atoms with Crippen molar-refractivity contribution in [1.29, 1.82) is 0 Å². The first kappa shape index (κ1) is 18.1. The number of Topliss-reactive ketones (excluding diaryl/α,β-unsaturated/α-hetero) is 1. The van der Waals surface area contributed by atoms with Crippen molar-refractivity contribution in [1.82, 2.24) is 9.19 Å². The standard InChI is InChI=1S/C22H22N2O2Se/c1-26-17-12-10-16(11-13-17)20(25)14-19(15-6-3-2-4-7-15)18-8-5-9-21-22(18)23-24-27-21/h2-4,6-7,10-13,18-19H,5,8-9,14H2,1H3/t18-,19-/m0/s1. The molecule has 0 N–H and O–H groups in total. The number of hydrogen-bond donors (Lipinski definition) is 0. The van der Waals surface area contributed by atoms with E-state index >= 15 is 0 Å². The fraction of sp³-hybridized carbons (Fsp3) is 0.318. The summed E-state index contributed by atoms with van der Waals surface area (Å²) in [6.45, 7) is 0. The maximum absolute atomic E-state index is 13.1. The molecule has 4 nitrogen and oxygen atoms in total. The van der Waals surface area contributed by atoms with E-state index in [1.165, 1.54) is 10.0 Å². The molecule has 0 spiro atoms. The first-order valence-electron chi connectivity index (χ1n) is 9.29. The van der Waals surface area contributed by atoms with Gasteiger partial charge in [-0.2, -0.15) is 0 Å². The van der Waals surface area contributed by atoms with Crippen LogP contribution < -0.4 is 4.74 Å². The molecule has 0 saturated carbocycles. The Kier molecular flexibility index (Phi) is 5.51. The molecular weight excluding hydrogens is 403 g/mol. The molecule has 1 heterocycles. The molecule has 1 aromatic heterocycles. The Morgan fingerprint density at radius 1 is 1.19 bits per heavy atom. The average Bonchev–Trinajstić information content (AvgIpc) is 3.22. The number of carbonyl (C=O) groups excluding carboxylic acids is 1. The monoisotopic (exact) mass is 426 g/mol. The molecule has 1 aliphatic rings. The number of aromatic nitrogens is 2. The van der Waals surface area contributed by atoms with Gasteiger partial charge in [0.25, 0.3) is 0 Å². The van der Waals surface area contributed by atoms with Gasteiger partial charge in [-0.1, -0.05) is 0 Å². The minimum absolute atomic E-state index is 0.138. The van der Waals surface area contributed by atoms with Crippen LogP contribution in [-0.4, -0.2) is 36.8 Å². The molecule has 0 saturated heterocycles. The van der Waals surface area contributed by atoms with Crippen LogP contribution >= 0.6 is 0 Å². The van der Waals surface area contributed by atoms with E-state index in [0.29, 0.717) is 6.42 Å². The molecule has 138 valence electrons. The van der Waals surface area contributed by atoms with Crippen LogP contribution in [0.4, 0.5) is 0 Å². The molecule has 0 fully saturated rings. The molecule has 0 aliphatic heterocycles. The van der Waals surface area contributed by atoms with Crippen molar-refractivity contribution in [2.24, 2.45) is 0 Å². The van der Waals surface area contributed by atoms with Gasteiger partial charge in [-0.05, 0) is 0 Å². The summed E-state index contributed by atoms with van der Waals surface area (Å²) in [5.74, 6) is 1.35. The Hall–Kier alpha value is -2.23. The molecular formula is C22H22N2O2Se. The average molecular weight is 425 g/mol. The van der Waals surface area contributed by atoms with Crippen LogP contribution in [-0.2, 0) is 6.42 Å². The van der Waals surface area contributed by atoms with Gasteiger partial charge >= 0.3 is 165 Å². The van der Waals surface area contributed by atoms with Gasteiger partial charge in [-0.25, -0.2) is 0 Å². The molecule has 0 unspecified atom stereocenters. The van der Waals surface area contributed by atoms with Gasteiger partial charge in [0.05, 0.1) is 0 Å². The normalized spacial score (nSPS) is 17.1. The van der Waals surface area contributed by atoms with Crippen molar-refractivity contribution >= 4 is 20.5 Å². The number of nitrogens with zero attached hydrogens (tertiary/aromatic N) is 2. The van der Waals surface area contributed by atoms with Crippen LogP contribution in [0.2, 0.25) is 0 Å². The Bertz CT molecular complexity index is 906. The number of aryl methyl sites for hydroxylation is 1. The second-order valence-corrected chi connectivity index (χ2v) is 8.71. The number of carbonyl (C=O) groups is 1. The van der Waals surface area contributed by atoms with Gasteiger partial charge in [0, 0.05) is 0 Å². The van der Waals surface area contributed by atoms with Crippen LogP contribution in [0, 0.1) is 0 Å². The number of benzene rings is 2. The fourth-order valence-electron chi connectivity index (χ4n) is 3.97. The van der Waals surface area contributed by atoms with Gasteiger partial charge in [-0.15, -0.1) is 0 Å². The maximum atomic E-state index is 13.1. The third kappa shape index (κ3) is 3.90. The summed E-state index contributed by atoms with van der Waals surface area (Å²) in [5, 5.41) is 4.49. The zero-order chi connectivity index (χ0) is 18.6. The summed E-state index contributed by atoms with van der Waals surface area (Å²) < 4.78 is 11.0. The van der Waals surface area contributed by atoms with E-state index in [0.717, 1.165) is 36.3 Å². The molecule has 0 bridgehead atoms. The Morgan fingerprint density at radius 3 is 2.70 bits per heavy atom. The van der Waals surface area contributed by atoms with Gasteiger partial charge in [0.1, 0.15) is 0 Å². The van der Waals surface area contributed by atoms with Crippen molar-refractivity contribution in [3.8, 4) is 5.75 Å². The van der Waals surface area contributed by atoms with Crippen LogP contribution in [0.1, 0.15) is 57.2 Å². The van der Waals surface area contributed by atoms with Crippen LogP contribution in [0.15, 0.2) is 54.6 Å². The second kappa shape index (κ2) is 8.20. The number of rotatable bonds is 6. The zero-order valence-electron chi connectivity index (χ0n) is 15.3. The quantitative estimate of drug-likeness (QED) is 0.442. The summed E-state index contributed by atoms with van der Waals surface area (Å²) in [6.07, 6.45) is 3.84. The summed E-state index contributed by atoms with van der Waals surface area (Å²) in [6, 6.07) is 17.8. The minimum atomic E-state index is 0.138. The molecule has 0 radical (unpaired) electrons. The van der Waals surface area contributed by atoms with Crippen LogP contribution in [0.5, 0.6) is 5.75 Å². The SMILES string of the molecule is COc1ccc(C(=O)C[C@@H](c2ccccc2)[C@@H]2CCCc3[se]nnc32)cc1. The third-order valence-corrected chi connectivity index (χ3v) is 7.06. The molecule has 0 amide bonds. The van der Waals surface area contributed by atoms with E-state index in [4.69, 9.17) is 4.74 Å². The molecule has 27 heavy (non-hydrogen) atoms. The van der Waals surface area contributed by atoms with Crippen LogP contribution in [0.25, 0.3) is 0 Å². The van der Waals surface area contributed by atoms with Crippen LogP contribution in [0.3, 0.4) is 0 Å². The Labute approximate surface area is 165 Å². The summed E-state index contributed by atoms with van der Waals surface area (Å²) in [4.78, 5) is 13.1. The predicted molar refractivity (Wildman–Crippen MR) is 106 cm³/mol. The number of methoxy groups -OCH3 is 1. The van der Waals surface area contributed by atoms with E-state index in [-0.39, 0.29) is 32.4 Å². The van der Waals surface area contributed by atoms with Crippen molar-refractivity contribution in [3.63, 3.8) is 0 Å². The van der Waals surface area contributed by atoms with E-state index < -0.39 is 0 Å². The first-order chi connectivity index (χ1) is 13.3. The summed E-state index contributed by atoms with van der Waals surface area (Å²) in [7, 11) is 1.63. The zero-order valence-corrected chi connectivity index (χ0v) is 17.0. The van der Waals surface area contributed by atoms with Gasteiger partial charge < -0.3 is 0 Å². The Balaban J connectivity index is 1.64. The number of ether oxygens (including phenoxy) is 1. The summed E-state index contributed by atoms with van der Waals surface area (Å²) in [5.41, 5.74) is 3.12. The molecule has 1 aliphatic carbocycles. The number of fused-ring (bicyclic) bond motifs is 1. The molecule has 4 rings (SSSR count). The topological polar surface area (TPSA) is 52.1 Å². The molecule has 5 heteroatoms. The third-order valence-electron chi connectivity index (χ3n) is 5.39. The molecule has 2 atom stereocenters. The van der Waals surface area contributed by atoms with Gasteiger partial charge in [-0.3, -0.25) is 0 Å². The first-order valence-corrected chi connectivity index (χ1v) is 10.9. The van der Waals surface area contributed by atoms with Crippen molar-refractivity contribution in [2.45, 2.75) is 37.5 Å². The van der Waals surface area contributed by atoms with Crippen molar-refractivity contribution in [2.75, 3.05) is 7.11 Å². The number of ketones is 1. The second-order valence-electron chi connectivity index (χ2n) is 6.95. The van der Waals surface area contributed by atoms with E-state index in [1.54, 1.807) is 7.11 Å². The van der Waals surface area contributed by atoms with Gasteiger partial charge in [0.15, 0.2) is 0 Å². The van der Waals surface area contributed by atoms with E-state index in [9.17, 15) is 4.79 Å². The predicted octanol–water partition coefficient (Wildman–Crippen LogP) is 4.02. The Morgan fingerprint density at radius 2 is 1.96 bits per heavy atom.